The lowest BCUT2D eigenvalue weighted by Gasteiger charge is -2.21. The van der Waals surface area contributed by atoms with E-state index in [2.05, 4.69) is 5.32 Å². The van der Waals surface area contributed by atoms with Crippen LogP contribution >= 0.6 is 0 Å². The van der Waals surface area contributed by atoms with E-state index in [1.807, 2.05) is 19.1 Å². The number of furan rings is 1. The van der Waals surface area contributed by atoms with Gasteiger partial charge in [-0.1, -0.05) is 31.2 Å². The summed E-state index contributed by atoms with van der Waals surface area (Å²) in [6.45, 7) is 1.74. The number of nitrogens with one attached hydrogen (secondary N) is 1. The van der Waals surface area contributed by atoms with Gasteiger partial charge in [0.15, 0.2) is 9.84 Å². The van der Waals surface area contributed by atoms with Crippen LogP contribution in [0.1, 0.15) is 29.9 Å². The maximum Gasteiger partial charge on any atom is 0.244 e. The van der Waals surface area contributed by atoms with Gasteiger partial charge in [-0.25, -0.2) is 8.42 Å². The molecule has 2 heterocycles. The third-order valence-electron chi connectivity index (χ3n) is 5.31. The fourth-order valence-electron chi connectivity index (χ4n) is 3.66. The minimum Gasteiger partial charge on any atom is -0.468 e. The number of carbonyl (C=O) groups excluding carboxylic acids is 2. The molecule has 7 nitrogen and oxygen atoms in total. The van der Waals surface area contributed by atoms with Crippen LogP contribution < -0.4 is 10.2 Å². The lowest BCUT2D eigenvalue weighted by atomic mass is 10.1. The van der Waals surface area contributed by atoms with Crippen molar-refractivity contribution >= 4 is 33.0 Å². The summed E-state index contributed by atoms with van der Waals surface area (Å²) >= 11 is 0. The summed E-state index contributed by atoms with van der Waals surface area (Å²) in [7, 11) is -3.90. The Morgan fingerprint density at radius 3 is 2.52 bits per heavy atom. The second-order valence-corrected chi connectivity index (χ2v) is 9.40. The predicted molar refractivity (Wildman–Crippen MR) is 116 cm³/mol. The van der Waals surface area contributed by atoms with Crippen molar-refractivity contribution in [2.24, 2.45) is 0 Å². The Bertz CT molecular complexity index is 1200. The number of hydrogen-bond acceptors (Lipinski definition) is 5. The summed E-state index contributed by atoms with van der Waals surface area (Å²) in [6, 6.07) is 16.8. The molecule has 0 saturated heterocycles. The molecule has 0 radical (unpaired) electrons. The monoisotopic (exact) mass is 438 g/mol. The fraction of sp³-hybridized carbons (Fsp3) is 0.217. The summed E-state index contributed by atoms with van der Waals surface area (Å²) in [6.07, 6.45) is 1.95. The van der Waals surface area contributed by atoms with Crippen molar-refractivity contribution < 1.29 is 22.4 Å². The summed E-state index contributed by atoms with van der Waals surface area (Å²) < 4.78 is 31.9. The van der Waals surface area contributed by atoms with E-state index in [0.717, 1.165) is 12.0 Å². The van der Waals surface area contributed by atoms with Crippen molar-refractivity contribution in [2.45, 2.75) is 29.9 Å². The van der Waals surface area contributed by atoms with Gasteiger partial charge in [0.05, 0.1) is 23.3 Å². The number of amides is 2. The summed E-state index contributed by atoms with van der Waals surface area (Å²) in [5.41, 5.74) is 1.95. The van der Waals surface area contributed by atoms with Gasteiger partial charge in [0.25, 0.3) is 0 Å². The van der Waals surface area contributed by atoms with E-state index in [1.165, 1.54) is 17.2 Å². The molecule has 160 valence electrons. The van der Waals surface area contributed by atoms with Gasteiger partial charge in [-0.05, 0) is 48.4 Å². The summed E-state index contributed by atoms with van der Waals surface area (Å²) in [4.78, 5) is 27.0. The second-order valence-electron chi connectivity index (χ2n) is 7.30. The van der Waals surface area contributed by atoms with Gasteiger partial charge in [-0.3, -0.25) is 9.59 Å². The Hall–Kier alpha value is -3.39. The molecule has 0 aliphatic carbocycles. The molecule has 8 heteroatoms. The molecule has 1 aliphatic heterocycles. The lowest BCUT2D eigenvalue weighted by Crippen LogP contribution is -2.38. The number of hydrogen-bond donors (Lipinski definition) is 1. The van der Waals surface area contributed by atoms with Crippen molar-refractivity contribution in [3.63, 3.8) is 0 Å². The normalized spacial score (nSPS) is 17.6. The van der Waals surface area contributed by atoms with Gasteiger partial charge in [-0.15, -0.1) is 0 Å². The first-order chi connectivity index (χ1) is 14.9. The van der Waals surface area contributed by atoms with Crippen LogP contribution in [0.25, 0.3) is 0 Å². The molecule has 4 rings (SSSR count). The Kier molecular flexibility index (Phi) is 5.65. The molecule has 0 bridgehead atoms. The highest BCUT2D eigenvalue weighted by Gasteiger charge is 2.41. The highest BCUT2D eigenvalue weighted by Crippen LogP contribution is 2.40. The van der Waals surface area contributed by atoms with Crippen LogP contribution in [0.15, 0.2) is 76.2 Å². The SMILES string of the molecule is CCc1ccc(NC(=O)CN2C(=O)CC(c3ccco3)S(=O)(=O)c3ccccc32)cc1. The zero-order valence-corrected chi connectivity index (χ0v) is 17.8. The first kappa shape index (κ1) is 20.9. The average molecular weight is 439 g/mol. The van der Waals surface area contributed by atoms with Crippen molar-refractivity contribution in [3.8, 4) is 0 Å². The minimum absolute atomic E-state index is 0.00217. The van der Waals surface area contributed by atoms with Crippen LogP contribution in [-0.2, 0) is 25.8 Å². The molecule has 0 spiro atoms. The quantitative estimate of drug-likeness (QED) is 0.655. The first-order valence-electron chi connectivity index (χ1n) is 9.95. The highest BCUT2D eigenvalue weighted by molar-refractivity contribution is 7.91. The molecule has 3 aromatic rings. The molecule has 31 heavy (non-hydrogen) atoms. The standard InChI is InChI=1S/C23H22N2O5S/c1-2-16-9-11-17(12-10-16)24-22(26)15-25-18-6-3-4-8-20(18)31(28,29)21(14-23(25)27)19-7-5-13-30-19/h3-13,21H,2,14-15H2,1H3,(H,24,26). The van der Waals surface area contributed by atoms with E-state index in [9.17, 15) is 18.0 Å². The molecule has 1 unspecified atom stereocenters. The summed E-state index contributed by atoms with van der Waals surface area (Å²) in [5, 5.41) is 1.62. The predicted octanol–water partition coefficient (Wildman–Crippen LogP) is 3.73. The van der Waals surface area contributed by atoms with Crippen molar-refractivity contribution in [1.82, 2.24) is 0 Å². The molecule has 0 fully saturated rings. The zero-order valence-electron chi connectivity index (χ0n) is 16.9. The Morgan fingerprint density at radius 1 is 1.10 bits per heavy atom. The average Bonchev–Trinajstić information content (AvgIpc) is 3.28. The number of anilines is 2. The van der Waals surface area contributed by atoms with Gasteiger partial charge >= 0.3 is 0 Å². The largest absolute Gasteiger partial charge is 0.468 e. The smallest absolute Gasteiger partial charge is 0.244 e. The van der Waals surface area contributed by atoms with Crippen LogP contribution in [0.3, 0.4) is 0 Å². The van der Waals surface area contributed by atoms with Crippen LogP contribution in [0.2, 0.25) is 0 Å². The molecule has 2 aromatic carbocycles. The van der Waals surface area contributed by atoms with Crippen molar-refractivity contribution in [3.05, 3.63) is 78.3 Å². The number of sulfone groups is 1. The van der Waals surface area contributed by atoms with E-state index in [1.54, 1.807) is 42.5 Å². The van der Waals surface area contributed by atoms with Crippen molar-refractivity contribution in [1.29, 1.82) is 0 Å². The summed E-state index contributed by atoms with van der Waals surface area (Å²) in [5.74, 6) is -0.682. The van der Waals surface area contributed by atoms with Gasteiger partial charge in [0.2, 0.25) is 11.8 Å². The number of carbonyl (C=O) groups is 2. The van der Waals surface area contributed by atoms with Crippen LogP contribution in [0, 0.1) is 0 Å². The Morgan fingerprint density at radius 2 is 1.84 bits per heavy atom. The van der Waals surface area contributed by atoms with Crippen LogP contribution in [0.4, 0.5) is 11.4 Å². The molecule has 1 N–H and O–H groups in total. The highest BCUT2D eigenvalue weighted by atomic mass is 32.2. The second kappa shape index (κ2) is 8.39. The maximum absolute atomic E-state index is 13.3. The third-order valence-corrected chi connectivity index (χ3v) is 7.41. The van der Waals surface area contributed by atoms with E-state index in [0.29, 0.717) is 5.69 Å². The van der Waals surface area contributed by atoms with Crippen LogP contribution in [-0.4, -0.2) is 26.8 Å². The number of aryl methyl sites for hydroxylation is 1. The van der Waals surface area contributed by atoms with Crippen LogP contribution in [0.5, 0.6) is 0 Å². The lowest BCUT2D eigenvalue weighted by molar-refractivity contribution is -0.121. The molecule has 2 amide bonds. The van der Waals surface area contributed by atoms with E-state index in [4.69, 9.17) is 4.42 Å². The van der Waals surface area contributed by atoms with Gasteiger partial charge < -0.3 is 14.6 Å². The molecule has 1 aromatic heterocycles. The number of benzene rings is 2. The molecule has 1 aliphatic rings. The van der Waals surface area contributed by atoms with E-state index >= 15 is 0 Å². The maximum atomic E-state index is 13.3. The molecule has 0 saturated carbocycles. The topological polar surface area (TPSA) is 96.7 Å². The fourth-order valence-corrected chi connectivity index (χ4v) is 5.50. The van der Waals surface area contributed by atoms with Gasteiger partial charge in [0, 0.05) is 5.69 Å². The van der Waals surface area contributed by atoms with E-state index in [-0.39, 0.29) is 29.3 Å². The minimum atomic E-state index is -3.90. The number of nitrogens with zero attached hydrogens (tertiary/aromatic N) is 1. The Balaban J connectivity index is 1.64. The molecular weight excluding hydrogens is 416 g/mol. The zero-order chi connectivity index (χ0) is 22.0. The third kappa shape index (κ3) is 4.11. The van der Waals surface area contributed by atoms with Gasteiger partial charge in [-0.2, -0.15) is 0 Å². The van der Waals surface area contributed by atoms with Crippen molar-refractivity contribution in [2.75, 3.05) is 16.8 Å². The number of fused-ring (bicyclic) bond motifs is 1. The van der Waals surface area contributed by atoms with Gasteiger partial charge in [0.1, 0.15) is 17.6 Å². The number of rotatable bonds is 5. The number of para-hydroxylation sites is 1. The van der Waals surface area contributed by atoms with E-state index < -0.39 is 26.9 Å². The Labute approximate surface area is 180 Å². The molecule has 1 atom stereocenters. The first-order valence-corrected chi connectivity index (χ1v) is 11.5. The molecular formula is C23H22N2O5S.